The summed E-state index contributed by atoms with van der Waals surface area (Å²) in [6.45, 7) is 1.74. The molecule has 154 valence electrons. The molecule has 0 aliphatic carbocycles. The summed E-state index contributed by atoms with van der Waals surface area (Å²) in [4.78, 5) is 20.6. The summed E-state index contributed by atoms with van der Waals surface area (Å²) in [5.74, 6) is 2.27. The van der Waals surface area contributed by atoms with Gasteiger partial charge in [0.05, 0.1) is 5.69 Å². The van der Waals surface area contributed by atoms with E-state index in [2.05, 4.69) is 27.4 Å². The fourth-order valence-corrected chi connectivity index (χ4v) is 3.03. The Hall–Kier alpha value is -4.37. The smallest absolute Gasteiger partial charge is 0.300 e. The van der Waals surface area contributed by atoms with E-state index in [0.29, 0.717) is 29.3 Å². The van der Waals surface area contributed by atoms with Gasteiger partial charge >= 0.3 is 0 Å². The molecule has 6 heteroatoms. The maximum atomic E-state index is 11.5. The van der Waals surface area contributed by atoms with Gasteiger partial charge in [-0.25, -0.2) is 9.98 Å². The molecule has 0 aliphatic rings. The molecule has 0 atom stereocenters. The number of anilines is 1. The number of terminal acetylenes is 1. The average Bonchev–Trinajstić information content (AvgIpc) is 2.73. The fraction of sp³-hybridized carbons (Fsp3) is 0.0800. The van der Waals surface area contributed by atoms with E-state index in [9.17, 15) is 4.79 Å². The first-order valence-corrected chi connectivity index (χ1v) is 9.64. The molecule has 0 radical (unpaired) electrons. The van der Waals surface area contributed by atoms with Gasteiger partial charge in [-0.3, -0.25) is 4.79 Å². The monoisotopic (exact) mass is 409 g/mol. The summed E-state index contributed by atoms with van der Waals surface area (Å²) in [5, 5.41) is 2.65. The summed E-state index contributed by atoms with van der Waals surface area (Å²) in [7, 11) is 0. The number of carbonyl (C=O) groups is 1. The van der Waals surface area contributed by atoms with Crippen molar-refractivity contribution in [1.29, 1.82) is 0 Å². The first kappa shape index (κ1) is 21.3. The number of nitrogens with one attached hydrogen (secondary N) is 1. The lowest BCUT2D eigenvalue weighted by Gasteiger charge is -2.09. The summed E-state index contributed by atoms with van der Waals surface area (Å²) in [5.41, 5.74) is 16.5. The molecule has 1 heterocycles. The van der Waals surface area contributed by atoms with Gasteiger partial charge in [0, 0.05) is 16.9 Å². The van der Waals surface area contributed by atoms with E-state index in [4.69, 9.17) is 17.9 Å². The number of hydrogen-bond donors (Lipinski definition) is 3. The van der Waals surface area contributed by atoms with E-state index in [1.807, 2.05) is 54.5 Å². The summed E-state index contributed by atoms with van der Waals surface area (Å²) < 4.78 is 0. The van der Waals surface area contributed by atoms with Crippen LogP contribution < -0.4 is 16.8 Å². The Kier molecular flexibility index (Phi) is 6.82. The molecule has 6 nitrogen and oxygen atoms in total. The number of benzene rings is 2. The standard InChI is InChI=1S/C25H23N5O/c1-3-25(31)28-21-11-7-10-20(16-21)22-14-19(13-18-8-5-4-6-9-18)15-24(29-22)30-23(27)12-17(2)26/h1,4-12,14-16H,13,26H2,2H3,(H,28,31)(H2,27,29,30)/b17-12-. The SMILES string of the molecule is C#CC(=O)Nc1cccc(-c2cc(Cc3ccccc3)cc(N=C(N)/C=C(/C)N)n2)c1. The number of amidine groups is 1. The van der Waals surface area contributed by atoms with E-state index in [1.165, 1.54) is 0 Å². The van der Waals surface area contributed by atoms with Crippen LogP contribution in [0.25, 0.3) is 11.3 Å². The third kappa shape index (κ3) is 6.31. The molecule has 0 aliphatic heterocycles. The van der Waals surface area contributed by atoms with Crippen LogP contribution in [0.15, 0.2) is 83.5 Å². The third-order valence-electron chi connectivity index (χ3n) is 4.29. The van der Waals surface area contributed by atoms with Crippen LogP contribution in [0.2, 0.25) is 0 Å². The van der Waals surface area contributed by atoms with Gasteiger partial charge in [-0.1, -0.05) is 42.5 Å². The van der Waals surface area contributed by atoms with Crippen molar-refractivity contribution in [3.05, 3.63) is 89.6 Å². The number of hydrogen-bond acceptors (Lipinski definition) is 4. The molecule has 0 spiro atoms. The van der Waals surface area contributed by atoms with Gasteiger partial charge in [-0.05, 0) is 60.7 Å². The number of nitrogens with zero attached hydrogens (tertiary/aromatic N) is 2. The molecule has 0 bridgehead atoms. The summed E-state index contributed by atoms with van der Waals surface area (Å²) in [6, 6.07) is 21.3. The van der Waals surface area contributed by atoms with Gasteiger partial charge in [-0.2, -0.15) is 0 Å². The van der Waals surface area contributed by atoms with Gasteiger partial charge in [0.25, 0.3) is 5.91 Å². The Morgan fingerprint density at radius 3 is 2.58 bits per heavy atom. The Morgan fingerprint density at radius 2 is 1.87 bits per heavy atom. The number of carbonyl (C=O) groups excluding carboxylic acids is 1. The van der Waals surface area contributed by atoms with Crippen molar-refractivity contribution in [3.63, 3.8) is 0 Å². The molecular formula is C25H23N5O. The minimum atomic E-state index is -0.509. The molecule has 0 saturated heterocycles. The zero-order chi connectivity index (χ0) is 22.2. The number of aliphatic imine (C=N–C) groups is 1. The topological polar surface area (TPSA) is 106 Å². The second-order valence-corrected chi connectivity index (χ2v) is 6.99. The molecule has 1 aromatic heterocycles. The van der Waals surface area contributed by atoms with Crippen molar-refractivity contribution in [3.8, 4) is 23.6 Å². The predicted octanol–water partition coefficient (Wildman–Crippen LogP) is 3.76. The molecule has 2 aromatic carbocycles. The Bertz CT molecular complexity index is 1190. The third-order valence-corrected chi connectivity index (χ3v) is 4.29. The van der Waals surface area contributed by atoms with Crippen LogP contribution in [0.3, 0.4) is 0 Å². The van der Waals surface area contributed by atoms with Crippen LogP contribution in [0.5, 0.6) is 0 Å². The highest BCUT2D eigenvalue weighted by molar-refractivity contribution is 6.03. The predicted molar refractivity (Wildman–Crippen MR) is 126 cm³/mol. The van der Waals surface area contributed by atoms with Crippen LogP contribution in [0.4, 0.5) is 11.5 Å². The number of pyridine rings is 1. The maximum absolute atomic E-state index is 11.5. The van der Waals surface area contributed by atoms with Crippen molar-refractivity contribution in [2.45, 2.75) is 13.3 Å². The first-order valence-electron chi connectivity index (χ1n) is 9.64. The van der Waals surface area contributed by atoms with E-state index < -0.39 is 5.91 Å². The van der Waals surface area contributed by atoms with Crippen molar-refractivity contribution < 1.29 is 4.79 Å². The van der Waals surface area contributed by atoms with Gasteiger partial charge < -0.3 is 16.8 Å². The molecule has 3 rings (SSSR count). The molecule has 3 aromatic rings. The van der Waals surface area contributed by atoms with Gasteiger partial charge in [0.15, 0.2) is 5.82 Å². The number of amides is 1. The number of aromatic nitrogens is 1. The summed E-state index contributed by atoms with van der Waals surface area (Å²) in [6.07, 6.45) is 7.44. The molecule has 5 N–H and O–H groups in total. The van der Waals surface area contributed by atoms with Gasteiger partial charge in [0.2, 0.25) is 0 Å². The van der Waals surface area contributed by atoms with E-state index >= 15 is 0 Å². The highest BCUT2D eigenvalue weighted by Crippen LogP contribution is 2.26. The highest BCUT2D eigenvalue weighted by atomic mass is 16.1. The van der Waals surface area contributed by atoms with E-state index in [-0.39, 0.29) is 5.84 Å². The molecule has 1 amide bonds. The lowest BCUT2D eigenvalue weighted by atomic mass is 10.0. The normalized spacial score (nSPS) is 11.6. The quantitative estimate of drug-likeness (QED) is 0.327. The van der Waals surface area contributed by atoms with Crippen molar-refractivity contribution >= 4 is 23.2 Å². The Morgan fingerprint density at radius 1 is 1.10 bits per heavy atom. The van der Waals surface area contributed by atoms with Crippen LogP contribution in [0, 0.1) is 12.3 Å². The van der Waals surface area contributed by atoms with E-state index in [1.54, 1.807) is 19.1 Å². The summed E-state index contributed by atoms with van der Waals surface area (Å²) >= 11 is 0. The lowest BCUT2D eigenvalue weighted by Crippen LogP contribution is -2.10. The van der Waals surface area contributed by atoms with Gasteiger partial charge in [-0.15, -0.1) is 6.42 Å². The fourth-order valence-electron chi connectivity index (χ4n) is 3.03. The van der Waals surface area contributed by atoms with Crippen LogP contribution in [-0.4, -0.2) is 16.7 Å². The largest absolute Gasteiger partial charge is 0.402 e. The second-order valence-electron chi connectivity index (χ2n) is 6.99. The highest BCUT2D eigenvalue weighted by Gasteiger charge is 2.08. The first-order chi connectivity index (χ1) is 14.9. The van der Waals surface area contributed by atoms with Crippen molar-refractivity contribution in [2.24, 2.45) is 16.5 Å². The average molecular weight is 409 g/mol. The minimum absolute atomic E-state index is 0.269. The second kappa shape index (κ2) is 9.90. The number of allylic oxidation sites excluding steroid dienone is 1. The van der Waals surface area contributed by atoms with Crippen molar-refractivity contribution in [1.82, 2.24) is 4.98 Å². The zero-order valence-electron chi connectivity index (χ0n) is 17.2. The molecule has 0 fully saturated rings. The number of nitrogens with two attached hydrogens (primary N) is 2. The van der Waals surface area contributed by atoms with Gasteiger partial charge in [0.1, 0.15) is 5.84 Å². The van der Waals surface area contributed by atoms with Crippen LogP contribution in [0.1, 0.15) is 18.1 Å². The Labute approximate surface area is 181 Å². The van der Waals surface area contributed by atoms with E-state index in [0.717, 1.165) is 16.7 Å². The lowest BCUT2D eigenvalue weighted by molar-refractivity contribution is -0.111. The minimum Gasteiger partial charge on any atom is -0.402 e. The molecule has 0 saturated carbocycles. The Balaban J connectivity index is 2.04. The molecule has 31 heavy (non-hydrogen) atoms. The van der Waals surface area contributed by atoms with Crippen LogP contribution >= 0.6 is 0 Å². The molecule has 0 unspecified atom stereocenters. The van der Waals surface area contributed by atoms with Crippen molar-refractivity contribution in [2.75, 3.05) is 5.32 Å². The van der Waals surface area contributed by atoms with Crippen LogP contribution in [-0.2, 0) is 11.2 Å². The maximum Gasteiger partial charge on any atom is 0.300 e. The number of rotatable bonds is 6. The molecular weight excluding hydrogens is 386 g/mol. The zero-order valence-corrected chi connectivity index (χ0v) is 17.2.